The summed E-state index contributed by atoms with van der Waals surface area (Å²) in [4.78, 5) is 20.9. The van der Waals surface area contributed by atoms with Gasteiger partial charge in [-0.1, -0.05) is 18.2 Å². The molecule has 0 radical (unpaired) electrons. The van der Waals surface area contributed by atoms with Gasteiger partial charge in [-0.05, 0) is 25.5 Å². The Morgan fingerprint density at radius 2 is 2.00 bits per heavy atom. The molecule has 0 saturated carbocycles. The van der Waals surface area contributed by atoms with Crippen molar-refractivity contribution in [3.8, 4) is 5.75 Å². The summed E-state index contributed by atoms with van der Waals surface area (Å²) in [6, 6.07) is 8.23. The molecule has 1 aliphatic rings. The van der Waals surface area contributed by atoms with E-state index in [9.17, 15) is 4.79 Å². The maximum Gasteiger partial charge on any atom is 0.224 e. The Labute approximate surface area is 155 Å². The lowest BCUT2D eigenvalue weighted by Gasteiger charge is -2.35. The van der Waals surface area contributed by atoms with Gasteiger partial charge in [0.2, 0.25) is 5.91 Å². The number of piperazine rings is 1. The average molecular weight is 356 g/mol. The molecule has 2 heterocycles. The normalized spacial score (nSPS) is 16.5. The molecule has 1 atom stereocenters. The number of rotatable bonds is 7. The van der Waals surface area contributed by atoms with Gasteiger partial charge in [0, 0.05) is 57.6 Å². The summed E-state index contributed by atoms with van der Waals surface area (Å²) in [6.07, 6.45) is 5.94. The van der Waals surface area contributed by atoms with Crippen molar-refractivity contribution in [1.82, 2.24) is 19.4 Å². The van der Waals surface area contributed by atoms with Crippen LogP contribution in [0.15, 0.2) is 43.0 Å². The number of amides is 1. The maximum absolute atomic E-state index is 12.5. The Hall–Kier alpha value is -2.34. The molecule has 1 aliphatic heterocycles. The van der Waals surface area contributed by atoms with Gasteiger partial charge in [0.05, 0.1) is 6.33 Å². The van der Waals surface area contributed by atoms with Gasteiger partial charge in [0.25, 0.3) is 0 Å². The van der Waals surface area contributed by atoms with Crippen LogP contribution in [0.4, 0.5) is 0 Å². The SMILES string of the molecule is Cc1ccccc1OCCN1CCN(C(=O)CC(C)n2ccnc2)CC1. The number of carbonyl (C=O) groups is 1. The zero-order chi connectivity index (χ0) is 18.4. The summed E-state index contributed by atoms with van der Waals surface area (Å²) in [5.74, 6) is 1.18. The first kappa shape index (κ1) is 18.5. The van der Waals surface area contributed by atoms with E-state index in [2.05, 4.69) is 29.8 Å². The van der Waals surface area contributed by atoms with E-state index >= 15 is 0 Å². The molecular weight excluding hydrogens is 328 g/mol. The number of hydrogen-bond donors (Lipinski definition) is 0. The van der Waals surface area contributed by atoms with Gasteiger partial charge in [-0.3, -0.25) is 9.69 Å². The molecule has 1 fully saturated rings. The first-order valence-corrected chi connectivity index (χ1v) is 9.29. The molecule has 26 heavy (non-hydrogen) atoms. The molecule has 6 nitrogen and oxygen atoms in total. The van der Waals surface area contributed by atoms with Crippen LogP contribution in [0, 0.1) is 6.92 Å². The smallest absolute Gasteiger partial charge is 0.224 e. The van der Waals surface area contributed by atoms with Crippen molar-refractivity contribution < 1.29 is 9.53 Å². The summed E-state index contributed by atoms with van der Waals surface area (Å²) >= 11 is 0. The largest absolute Gasteiger partial charge is 0.492 e. The molecule has 2 aromatic rings. The fraction of sp³-hybridized carbons (Fsp3) is 0.500. The second-order valence-electron chi connectivity index (χ2n) is 6.90. The lowest BCUT2D eigenvalue weighted by atomic mass is 10.2. The molecule has 6 heteroatoms. The van der Waals surface area contributed by atoms with Crippen LogP contribution in [0.1, 0.15) is 24.9 Å². The van der Waals surface area contributed by atoms with Crippen molar-refractivity contribution in [2.24, 2.45) is 0 Å². The minimum atomic E-state index is 0.144. The van der Waals surface area contributed by atoms with Crippen LogP contribution < -0.4 is 4.74 Å². The number of hydrogen-bond acceptors (Lipinski definition) is 4. The number of carbonyl (C=O) groups excluding carboxylic acids is 1. The number of nitrogens with zero attached hydrogens (tertiary/aromatic N) is 4. The molecule has 1 aromatic heterocycles. The van der Waals surface area contributed by atoms with E-state index in [1.54, 1.807) is 12.5 Å². The Bertz CT molecular complexity index is 694. The Morgan fingerprint density at radius 3 is 2.69 bits per heavy atom. The quantitative estimate of drug-likeness (QED) is 0.764. The minimum absolute atomic E-state index is 0.144. The van der Waals surface area contributed by atoms with E-state index in [0.29, 0.717) is 13.0 Å². The van der Waals surface area contributed by atoms with Gasteiger partial charge in [-0.2, -0.15) is 0 Å². The standard InChI is InChI=1S/C20H28N4O2/c1-17-5-3-4-6-19(17)26-14-13-22-9-11-23(12-10-22)20(25)15-18(2)24-8-7-21-16-24/h3-8,16,18H,9-15H2,1-2H3. The maximum atomic E-state index is 12.5. The highest BCUT2D eigenvalue weighted by Gasteiger charge is 2.22. The van der Waals surface area contributed by atoms with Crippen LogP contribution in [0.25, 0.3) is 0 Å². The van der Waals surface area contributed by atoms with Gasteiger partial charge >= 0.3 is 0 Å². The minimum Gasteiger partial charge on any atom is -0.492 e. The predicted molar refractivity (Wildman–Crippen MR) is 101 cm³/mol. The number of ether oxygens (including phenoxy) is 1. The summed E-state index contributed by atoms with van der Waals surface area (Å²) in [7, 11) is 0. The van der Waals surface area contributed by atoms with Crippen molar-refractivity contribution in [1.29, 1.82) is 0 Å². The molecule has 0 bridgehead atoms. The van der Waals surface area contributed by atoms with Gasteiger partial charge in [-0.15, -0.1) is 0 Å². The molecule has 1 aromatic carbocycles. The van der Waals surface area contributed by atoms with Gasteiger partial charge in [0.1, 0.15) is 12.4 Å². The first-order valence-electron chi connectivity index (χ1n) is 9.29. The summed E-state index contributed by atoms with van der Waals surface area (Å²) < 4.78 is 7.86. The molecule has 0 aliphatic carbocycles. The van der Waals surface area contributed by atoms with Crippen molar-refractivity contribution in [3.05, 3.63) is 48.5 Å². The highest BCUT2D eigenvalue weighted by Crippen LogP contribution is 2.16. The second-order valence-corrected chi connectivity index (χ2v) is 6.90. The Morgan fingerprint density at radius 1 is 1.23 bits per heavy atom. The number of imidazole rings is 1. The highest BCUT2D eigenvalue weighted by atomic mass is 16.5. The van der Waals surface area contributed by atoms with E-state index in [1.165, 1.54) is 0 Å². The van der Waals surface area contributed by atoms with Crippen LogP contribution in [0.5, 0.6) is 5.75 Å². The van der Waals surface area contributed by atoms with Crippen LogP contribution in [-0.2, 0) is 4.79 Å². The fourth-order valence-corrected chi connectivity index (χ4v) is 3.24. The highest BCUT2D eigenvalue weighted by molar-refractivity contribution is 5.76. The zero-order valence-corrected chi connectivity index (χ0v) is 15.7. The zero-order valence-electron chi connectivity index (χ0n) is 15.7. The fourth-order valence-electron chi connectivity index (χ4n) is 3.24. The molecule has 1 saturated heterocycles. The van der Waals surface area contributed by atoms with Crippen LogP contribution in [0.3, 0.4) is 0 Å². The van der Waals surface area contributed by atoms with Crippen molar-refractivity contribution in [3.63, 3.8) is 0 Å². The van der Waals surface area contributed by atoms with Crippen molar-refractivity contribution in [2.75, 3.05) is 39.3 Å². The van der Waals surface area contributed by atoms with Crippen molar-refractivity contribution in [2.45, 2.75) is 26.3 Å². The van der Waals surface area contributed by atoms with Crippen molar-refractivity contribution >= 4 is 5.91 Å². The number of para-hydroxylation sites is 1. The monoisotopic (exact) mass is 356 g/mol. The molecule has 1 unspecified atom stereocenters. The third-order valence-electron chi connectivity index (χ3n) is 4.99. The second kappa shape index (κ2) is 8.85. The van der Waals surface area contributed by atoms with Crippen LogP contribution >= 0.6 is 0 Å². The molecule has 0 N–H and O–H groups in total. The first-order chi connectivity index (χ1) is 12.6. The number of aryl methyl sites for hydroxylation is 1. The molecule has 3 rings (SSSR count). The summed E-state index contributed by atoms with van der Waals surface area (Å²) in [6.45, 7) is 9.08. The van der Waals surface area contributed by atoms with E-state index < -0.39 is 0 Å². The van der Waals surface area contributed by atoms with Gasteiger partial charge in [0.15, 0.2) is 0 Å². The third kappa shape index (κ3) is 4.85. The summed E-state index contributed by atoms with van der Waals surface area (Å²) in [5, 5.41) is 0. The molecule has 1 amide bonds. The summed E-state index contributed by atoms with van der Waals surface area (Å²) in [5.41, 5.74) is 1.16. The van der Waals surface area contributed by atoms with E-state index in [0.717, 1.165) is 44.0 Å². The number of benzene rings is 1. The lowest BCUT2D eigenvalue weighted by Crippen LogP contribution is -2.49. The number of aromatic nitrogens is 2. The lowest BCUT2D eigenvalue weighted by molar-refractivity contribution is -0.133. The molecular formula is C20H28N4O2. The molecule has 140 valence electrons. The van der Waals surface area contributed by atoms with Gasteiger partial charge < -0.3 is 14.2 Å². The van der Waals surface area contributed by atoms with E-state index in [1.807, 2.05) is 33.9 Å². The van der Waals surface area contributed by atoms with E-state index in [4.69, 9.17) is 4.74 Å². The van der Waals surface area contributed by atoms with E-state index in [-0.39, 0.29) is 11.9 Å². The average Bonchev–Trinajstić information content (AvgIpc) is 3.19. The predicted octanol–water partition coefficient (Wildman–Crippen LogP) is 2.37. The van der Waals surface area contributed by atoms with Gasteiger partial charge in [-0.25, -0.2) is 4.98 Å². The Balaban J connectivity index is 1.37. The molecule has 0 spiro atoms. The third-order valence-corrected chi connectivity index (χ3v) is 4.99. The van der Waals surface area contributed by atoms with Crippen LogP contribution in [-0.4, -0.2) is 64.6 Å². The topological polar surface area (TPSA) is 50.6 Å². The van der Waals surface area contributed by atoms with Crippen LogP contribution in [0.2, 0.25) is 0 Å². The Kier molecular flexibility index (Phi) is 6.28.